The lowest BCUT2D eigenvalue weighted by molar-refractivity contribution is 0.866. The fourth-order valence-corrected chi connectivity index (χ4v) is 0.805. The predicted molar refractivity (Wildman–Crippen MR) is 48.5 cm³/mol. The van der Waals surface area contributed by atoms with Crippen LogP contribution in [0.1, 0.15) is 25.7 Å². The molecule has 0 saturated carbocycles. The first kappa shape index (κ1) is 9.77. The van der Waals surface area contributed by atoms with Gasteiger partial charge in [-0.05, 0) is 25.7 Å². The van der Waals surface area contributed by atoms with Crippen LogP contribution in [0.4, 0.5) is 0 Å². The second-order valence-electron chi connectivity index (χ2n) is 2.17. The molecule has 0 atom stereocenters. The summed E-state index contributed by atoms with van der Waals surface area (Å²) in [5.74, 6) is 0.734. The zero-order chi connectivity index (χ0) is 7.66. The van der Waals surface area contributed by atoms with Crippen molar-refractivity contribution in [1.29, 1.82) is 0 Å². The van der Waals surface area contributed by atoms with Crippen LogP contribution in [-0.2, 0) is 0 Å². The lowest BCUT2D eigenvalue weighted by Gasteiger charge is -1.88. The van der Waals surface area contributed by atoms with Crippen LogP contribution in [0.25, 0.3) is 0 Å². The molecule has 0 amide bonds. The number of allylic oxidation sites excluding steroid dienone is 3. The lowest BCUT2D eigenvalue weighted by atomic mass is 10.2. The molecule has 0 aliphatic heterocycles. The third-order valence-corrected chi connectivity index (χ3v) is 1.44. The second kappa shape index (κ2) is 8.77. The van der Waals surface area contributed by atoms with Gasteiger partial charge in [0.15, 0.2) is 0 Å². The number of hydrogen-bond acceptors (Lipinski definition) is 0. The maximum Gasteiger partial charge on any atom is 0.0257 e. The Kier molecular flexibility index (Phi) is 8.57. The van der Waals surface area contributed by atoms with Crippen LogP contribution in [0.2, 0.25) is 0 Å². The standard InChI is InChI=1S/C9H15Cl/c1-2-3-4-5-6-7-8-9-10/h2,6-7H,1,3-5,8-9H2. The molecule has 0 aromatic heterocycles. The van der Waals surface area contributed by atoms with Gasteiger partial charge >= 0.3 is 0 Å². The Labute approximate surface area is 68.6 Å². The largest absolute Gasteiger partial charge is 0.126 e. The van der Waals surface area contributed by atoms with E-state index in [1.54, 1.807) is 0 Å². The molecular formula is C9H15Cl. The summed E-state index contributed by atoms with van der Waals surface area (Å²) in [5, 5.41) is 0. The van der Waals surface area contributed by atoms with Crippen LogP contribution in [0, 0.1) is 0 Å². The highest BCUT2D eigenvalue weighted by atomic mass is 35.5. The summed E-state index contributed by atoms with van der Waals surface area (Å²) in [5.41, 5.74) is 0. The minimum Gasteiger partial charge on any atom is -0.126 e. The van der Waals surface area contributed by atoms with Crippen LogP contribution in [0.5, 0.6) is 0 Å². The number of hydrogen-bond donors (Lipinski definition) is 0. The Morgan fingerprint density at radius 2 is 1.80 bits per heavy atom. The highest BCUT2D eigenvalue weighted by Gasteiger charge is 1.78. The van der Waals surface area contributed by atoms with Crippen molar-refractivity contribution in [2.45, 2.75) is 25.7 Å². The molecule has 0 aliphatic carbocycles. The van der Waals surface area contributed by atoms with E-state index in [0.29, 0.717) is 0 Å². The zero-order valence-electron chi connectivity index (χ0n) is 6.35. The Hall–Kier alpha value is -0.230. The number of rotatable bonds is 6. The minimum absolute atomic E-state index is 0.734. The van der Waals surface area contributed by atoms with Gasteiger partial charge < -0.3 is 0 Å². The van der Waals surface area contributed by atoms with Gasteiger partial charge in [0.25, 0.3) is 0 Å². The van der Waals surface area contributed by atoms with Crippen LogP contribution in [0.15, 0.2) is 24.8 Å². The van der Waals surface area contributed by atoms with Crippen molar-refractivity contribution in [2.24, 2.45) is 0 Å². The van der Waals surface area contributed by atoms with E-state index in [9.17, 15) is 0 Å². The van der Waals surface area contributed by atoms with Crippen LogP contribution < -0.4 is 0 Å². The zero-order valence-corrected chi connectivity index (χ0v) is 7.11. The Bertz CT molecular complexity index is 94.9. The van der Waals surface area contributed by atoms with E-state index in [0.717, 1.165) is 25.1 Å². The highest BCUT2D eigenvalue weighted by molar-refractivity contribution is 6.17. The molecule has 0 fully saturated rings. The third kappa shape index (κ3) is 7.77. The third-order valence-electron chi connectivity index (χ3n) is 1.22. The topological polar surface area (TPSA) is 0 Å². The fourth-order valence-electron chi connectivity index (χ4n) is 0.679. The van der Waals surface area contributed by atoms with E-state index in [2.05, 4.69) is 18.7 Å². The molecule has 0 N–H and O–H groups in total. The van der Waals surface area contributed by atoms with Crippen LogP contribution >= 0.6 is 11.6 Å². The molecule has 58 valence electrons. The fraction of sp³-hybridized carbons (Fsp3) is 0.556. The van der Waals surface area contributed by atoms with Crippen LogP contribution in [0.3, 0.4) is 0 Å². The Balaban J connectivity index is 2.94. The van der Waals surface area contributed by atoms with Crippen molar-refractivity contribution >= 4 is 11.6 Å². The molecular weight excluding hydrogens is 144 g/mol. The average Bonchev–Trinajstić information content (AvgIpc) is 1.97. The molecule has 0 heterocycles. The molecule has 0 bridgehead atoms. The van der Waals surface area contributed by atoms with Gasteiger partial charge in [-0.15, -0.1) is 18.2 Å². The van der Waals surface area contributed by atoms with E-state index < -0.39 is 0 Å². The molecule has 0 rings (SSSR count). The van der Waals surface area contributed by atoms with Crippen molar-refractivity contribution in [2.75, 3.05) is 5.88 Å². The minimum atomic E-state index is 0.734. The number of halogens is 1. The van der Waals surface area contributed by atoms with Crippen molar-refractivity contribution < 1.29 is 0 Å². The molecule has 0 nitrogen and oxygen atoms in total. The molecule has 0 unspecified atom stereocenters. The van der Waals surface area contributed by atoms with Gasteiger partial charge in [-0.3, -0.25) is 0 Å². The van der Waals surface area contributed by atoms with Crippen molar-refractivity contribution in [3.05, 3.63) is 24.8 Å². The van der Waals surface area contributed by atoms with E-state index in [1.807, 2.05) is 6.08 Å². The molecule has 0 aromatic carbocycles. The van der Waals surface area contributed by atoms with Gasteiger partial charge in [0.05, 0.1) is 0 Å². The van der Waals surface area contributed by atoms with Gasteiger partial charge in [0, 0.05) is 5.88 Å². The van der Waals surface area contributed by atoms with Crippen LogP contribution in [-0.4, -0.2) is 5.88 Å². The number of alkyl halides is 1. The predicted octanol–water partition coefficient (Wildman–Crippen LogP) is 3.53. The van der Waals surface area contributed by atoms with Crippen molar-refractivity contribution in [3.8, 4) is 0 Å². The maximum absolute atomic E-state index is 5.47. The first-order valence-electron chi connectivity index (χ1n) is 3.73. The summed E-state index contributed by atoms with van der Waals surface area (Å²) in [6.45, 7) is 3.65. The van der Waals surface area contributed by atoms with Gasteiger partial charge in [-0.1, -0.05) is 18.2 Å². The summed E-state index contributed by atoms with van der Waals surface area (Å²) in [4.78, 5) is 0. The molecule has 0 saturated heterocycles. The smallest absolute Gasteiger partial charge is 0.0257 e. The lowest BCUT2D eigenvalue weighted by Crippen LogP contribution is -1.69. The van der Waals surface area contributed by atoms with E-state index in [1.165, 1.54) is 6.42 Å². The van der Waals surface area contributed by atoms with Gasteiger partial charge in [0.1, 0.15) is 0 Å². The Morgan fingerprint density at radius 3 is 2.40 bits per heavy atom. The monoisotopic (exact) mass is 158 g/mol. The number of unbranched alkanes of at least 4 members (excludes halogenated alkanes) is 2. The highest BCUT2D eigenvalue weighted by Crippen LogP contribution is 1.97. The molecule has 0 aromatic rings. The van der Waals surface area contributed by atoms with Gasteiger partial charge in [-0.25, -0.2) is 0 Å². The summed E-state index contributed by atoms with van der Waals surface area (Å²) < 4.78 is 0. The van der Waals surface area contributed by atoms with Gasteiger partial charge in [-0.2, -0.15) is 0 Å². The van der Waals surface area contributed by atoms with E-state index in [-0.39, 0.29) is 0 Å². The van der Waals surface area contributed by atoms with E-state index in [4.69, 9.17) is 11.6 Å². The van der Waals surface area contributed by atoms with E-state index >= 15 is 0 Å². The van der Waals surface area contributed by atoms with Crippen molar-refractivity contribution in [3.63, 3.8) is 0 Å². The quantitative estimate of drug-likeness (QED) is 0.315. The molecule has 0 aliphatic rings. The second-order valence-corrected chi connectivity index (χ2v) is 2.55. The first-order chi connectivity index (χ1) is 4.91. The first-order valence-corrected chi connectivity index (χ1v) is 4.27. The molecule has 10 heavy (non-hydrogen) atoms. The summed E-state index contributed by atoms with van der Waals surface area (Å²) in [6.07, 6.45) is 10.8. The maximum atomic E-state index is 5.47. The molecule has 1 heteroatoms. The summed E-state index contributed by atoms with van der Waals surface area (Å²) >= 11 is 5.47. The summed E-state index contributed by atoms with van der Waals surface area (Å²) in [7, 11) is 0. The SMILES string of the molecule is C=CCCCC=CCCCl. The molecule has 0 spiro atoms. The van der Waals surface area contributed by atoms with Gasteiger partial charge in [0.2, 0.25) is 0 Å². The average molecular weight is 159 g/mol. The summed E-state index contributed by atoms with van der Waals surface area (Å²) in [6, 6.07) is 0. The Morgan fingerprint density at radius 1 is 1.10 bits per heavy atom. The normalized spacial score (nSPS) is 10.5. The van der Waals surface area contributed by atoms with Crippen molar-refractivity contribution in [1.82, 2.24) is 0 Å². The molecule has 0 radical (unpaired) electrons.